The van der Waals surface area contributed by atoms with Gasteiger partial charge < -0.3 is 9.90 Å². The van der Waals surface area contributed by atoms with Crippen molar-refractivity contribution in [1.29, 1.82) is 0 Å². The molecule has 0 aliphatic heterocycles. The highest BCUT2D eigenvalue weighted by Gasteiger charge is 2.52. The molecule has 2 nitrogen and oxygen atoms in total. The molecule has 1 saturated carbocycles. The molecule has 3 atom stereocenters. The molecule has 3 rings (SSSR count). The van der Waals surface area contributed by atoms with Crippen LogP contribution in [-0.4, -0.2) is 5.97 Å². The van der Waals surface area contributed by atoms with E-state index < -0.39 is 11.4 Å². The van der Waals surface area contributed by atoms with Gasteiger partial charge in [0.05, 0.1) is 0 Å². The van der Waals surface area contributed by atoms with Crippen molar-refractivity contribution < 1.29 is 9.90 Å². The minimum Gasteiger partial charge on any atom is -0.550 e. The monoisotopic (exact) mass is 299 g/mol. The van der Waals surface area contributed by atoms with E-state index in [1.54, 1.807) is 0 Å². The Bertz CT molecular complexity index is 604. The molecule has 1 aromatic rings. The first-order chi connectivity index (χ1) is 10.3. The van der Waals surface area contributed by atoms with Crippen LogP contribution in [0.5, 0.6) is 0 Å². The normalized spacial score (nSPS) is 34.1. The lowest BCUT2D eigenvalue weighted by Crippen LogP contribution is -2.56. The molecule has 0 N–H and O–H groups in total. The molecule has 0 saturated heterocycles. The zero-order chi connectivity index (χ0) is 16.1. The molecule has 0 spiro atoms. The van der Waals surface area contributed by atoms with Gasteiger partial charge in [0.1, 0.15) is 0 Å². The van der Waals surface area contributed by atoms with Gasteiger partial charge in [-0.1, -0.05) is 52.3 Å². The molecule has 0 radical (unpaired) electrons. The minimum absolute atomic E-state index is 0.0177. The quantitative estimate of drug-likeness (QED) is 0.837. The minimum atomic E-state index is -0.856. The number of benzene rings is 1. The van der Waals surface area contributed by atoms with Crippen LogP contribution in [0.2, 0.25) is 0 Å². The van der Waals surface area contributed by atoms with Crippen molar-refractivity contribution in [3.05, 3.63) is 34.9 Å². The number of carbonyl (C=O) groups excluding carboxylic acids is 1. The Labute approximate surface area is 133 Å². The lowest BCUT2D eigenvalue weighted by molar-refractivity contribution is -0.324. The van der Waals surface area contributed by atoms with Crippen LogP contribution in [0.25, 0.3) is 0 Å². The third-order valence-corrected chi connectivity index (χ3v) is 6.51. The standard InChI is InChI=1S/C20H28O2/c1-13(2)14-6-8-16-15(12-14)7-9-17-19(16,3)10-5-11-20(17,4)18(21)22/h6,8,12-13,17H,5,7,9-11H2,1-4H3,(H,21,22)/p-1/t17-,19+,20-/m1/s1. The molecule has 2 heteroatoms. The lowest BCUT2D eigenvalue weighted by Gasteiger charge is -2.56. The first kappa shape index (κ1) is 15.6. The van der Waals surface area contributed by atoms with Crippen LogP contribution in [-0.2, 0) is 16.6 Å². The lowest BCUT2D eigenvalue weighted by atomic mass is 9.50. The molecule has 1 aromatic carbocycles. The van der Waals surface area contributed by atoms with E-state index in [1.807, 2.05) is 6.92 Å². The summed E-state index contributed by atoms with van der Waals surface area (Å²) in [4.78, 5) is 11.8. The van der Waals surface area contributed by atoms with Crippen molar-refractivity contribution >= 4 is 5.97 Å². The fourth-order valence-electron chi connectivity index (χ4n) is 5.11. The number of hydrogen-bond acceptors (Lipinski definition) is 2. The molecule has 0 aromatic heterocycles. The van der Waals surface area contributed by atoms with Crippen LogP contribution in [0.1, 0.15) is 76.0 Å². The second-order valence-electron chi connectivity index (χ2n) is 8.14. The molecule has 120 valence electrons. The molecule has 1 fully saturated rings. The summed E-state index contributed by atoms with van der Waals surface area (Å²) >= 11 is 0. The highest BCUT2D eigenvalue weighted by Crippen LogP contribution is 2.57. The van der Waals surface area contributed by atoms with Crippen LogP contribution >= 0.6 is 0 Å². The molecule has 2 aliphatic carbocycles. The van der Waals surface area contributed by atoms with Crippen molar-refractivity contribution in [2.75, 3.05) is 0 Å². The molecule has 0 bridgehead atoms. The molecule has 2 aliphatic rings. The van der Waals surface area contributed by atoms with E-state index in [4.69, 9.17) is 0 Å². The number of hydrogen-bond donors (Lipinski definition) is 0. The van der Waals surface area contributed by atoms with Crippen LogP contribution in [0.3, 0.4) is 0 Å². The zero-order valence-corrected chi connectivity index (χ0v) is 14.2. The third-order valence-electron chi connectivity index (χ3n) is 6.51. The number of carbonyl (C=O) groups is 1. The van der Waals surface area contributed by atoms with Crippen molar-refractivity contribution in [3.63, 3.8) is 0 Å². The highest BCUT2D eigenvalue weighted by molar-refractivity contribution is 5.73. The van der Waals surface area contributed by atoms with Gasteiger partial charge in [0, 0.05) is 11.4 Å². The summed E-state index contributed by atoms with van der Waals surface area (Å²) in [6, 6.07) is 6.87. The maximum absolute atomic E-state index is 11.8. The average molecular weight is 299 g/mol. The second-order valence-corrected chi connectivity index (χ2v) is 8.14. The van der Waals surface area contributed by atoms with E-state index >= 15 is 0 Å². The van der Waals surface area contributed by atoms with Gasteiger partial charge in [0.15, 0.2) is 0 Å². The van der Waals surface area contributed by atoms with Crippen molar-refractivity contribution in [2.45, 2.75) is 71.1 Å². The predicted molar refractivity (Wildman–Crippen MR) is 86.7 cm³/mol. The number of aliphatic carboxylic acids is 1. The van der Waals surface area contributed by atoms with Crippen molar-refractivity contribution in [3.8, 4) is 0 Å². The molecule has 0 amide bonds. The van der Waals surface area contributed by atoms with Crippen molar-refractivity contribution in [2.24, 2.45) is 11.3 Å². The Morgan fingerprint density at radius 3 is 2.64 bits per heavy atom. The summed E-state index contributed by atoms with van der Waals surface area (Å²) in [5.41, 5.74) is 3.52. The van der Waals surface area contributed by atoms with Crippen LogP contribution < -0.4 is 5.11 Å². The van der Waals surface area contributed by atoms with Crippen LogP contribution in [0.15, 0.2) is 18.2 Å². The smallest absolute Gasteiger partial charge is 0.0476 e. The summed E-state index contributed by atoms with van der Waals surface area (Å²) in [5, 5.41) is 11.8. The Morgan fingerprint density at radius 2 is 2.00 bits per heavy atom. The Morgan fingerprint density at radius 1 is 1.27 bits per heavy atom. The number of aryl methyl sites for hydroxylation is 1. The van der Waals surface area contributed by atoms with E-state index in [2.05, 4.69) is 39.0 Å². The van der Waals surface area contributed by atoms with E-state index in [1.165, 1.54) is 16.7 Å². The first-order valence-corrected chi connectivity index (χ1v) is 8.64. The van der Waals surface area contributed by atoms with E-state index in [0.717, 1.165) is 32.1 Å². The second kappa shape index (κ2) is 5.11. The maximum atomic E-state index is 11.8. The van der Waals surface area contributed by atoms with E-state index in [0.29, 0.717) is 5.92 Å². The molecular weight excluding hydrogens is 272 g/mol. The Kier molecular flexibility index (Phi) is 3.62. The fraction of sp³-hybridized carbons (Fsp3) is 0.650. The van der Waals surface area contributed by atoms with Gasteiger partial charge in [-0.05, 0) is 59.6 Å². The summed E-state index contributed by atoms with van der Waals surface area (Å²) in [5.74, 6) is -0.127. The van der Waals surface area contributed by atoms with E-state index in [-0.39, 0.29) is 11.3 Å². The van der Waals surface area contributed by atoms with Gasteiger partial charge in [0.2, 0.25) is 0 Å². The number of fused-ring (bicyclic) bond motifs is 3. The van der Waals surface area contributed by atoms with Gasteiger partial charge >= 0.3 is 0 Å². The SMILES string of the molecule is CC(C)c1ccc2c(c1)CC[C@H]1[C@](C)(C(=O)[O-])CCC[C@@]21C. The van der Waals surface area contributed by atoms with Gasteiger partial charge in [0.25, 0.3) is 0 Å². The van der Waals surface area contributed by atoms with Crippen molar-refractivity contribution in [1.82, 2.24) is 0 Å². The number of rotatable bonds is 2. The predicted octanol–water partition coefficient (Wildman–Crippen LogP) is 3.57. The van der Waals surface area contributed by atoms with Crippen LogP contribution in [0.4, 0.5) is 0 Å². The first-order valence-electron chi connectivity index (χ1n) is 8.64. The van der Waals surface area contributed by atoms with Gasteiger partial charge in [-0.15, -0.1) is 0 Å². The average Bonchev–Trinajstić information content (AvgIpc) is 2.46. The zero-order valence-electron chi connectivity index (χ0n) is 14.2. The fourth-order valence-corrected chi connectivity index (χ4v) is 5.11. The Hall–Kier alpha value is -1.31. The summed E-state index contributed by atoms with van der Waals surface area (Å²) < 4.78 is 0. The van der Waals surface area contributed by atoms with Gasteiger partial charge in [-0.25, -0.2) is 0 Å². The van der Waals surface area contributed by atoms with E-state index in [9.17, 15) is 9.90 Å². The Balaban J connectivity index is 2.08. The van der Waals surface area contributed by atoms with Gasteiger partial charge in [-0.2, -0.15) is 0 Å². The molecule has 0 heterocycles. The maximum Gasteiger partial charge on any atom is 0.0476 e. The molecular formula is C20H27O2-. The highest BCUT2D eigenvalue weighted by atomic mass is 16.4. The topological polar surface area (TPSA) is 40.1 Å². The number of carboxylic acid groups (broad SMARTS) is 1. The summed E-state index contributed by atoms with van der Waals surface area (Å²) in [7, 11) is 0. The summed E-state index contributed by atoms with van der Waals surface area (Å²) in [6.07, 6.45) is 4.79. The van der Waals surface area contributed by atoms with Crippen LogP contribution in [0, 0.1) is 11.3 Å². The third kappa shape index (κ3) is 2.11. The summed E-state index contributed by atoms with van der Waals surface area (Å²) in [6.45, 7) is 8.65. The molecule has 0 unspecified atom stereocenters. The van der Waals surface area contributed by atoms with Gasteiger partial charge in [-0.3, -0.25) is 0 Å². The molecule has 22 heavy (non-hydrogen) atoms. The largest absolute Gasteiger partial charge is 0.550 e. The number of carboxylic acids is 1.